The first-order valence-electron chi connectivity index (χ1n) is 7.64. The van der Waals surface area contributed by atoms with Gasteiger partial charge in [0.1, 0.15) is 0 Å². The highest BCUT2D eigenvalue weighted by molar-refractivity contribution is 7.92. The average molecular weight is 367 g/mol. The molecule has 0 aliphatic heterocycles. The number of benzene rings is 2. The van der Waals surface area contributed by atoms with Crippen molar-refractivity contribution in [2.24, 2.45) is 0 Å². The van der Waals surface area contributed by atoms with Crippen LogP contribution in [0.5, 0.6) is 0 Å². The van der Waals surface area contributed by atoms with E-state index in [0.717, 1.165) is 31.1 Å². The second-order valence-electron chi connectivity index (χ2n) is 5.65. The molecule has 0 saturated carbocycles. The van der Waals surface area contributed by atoms with Gasteiger partial charge < -0.3 is 0 Å². The summed E-state index contributed by atoms with van der Waals surface area (Å²) in [5.41, 5.74) is 1.42. The molecule has 5 nitrogen and oxygen atoms in total. The monoisotopic (exact) mass is 367 g/mol. The third-order valence-electron chi connectivity index (χ3n) is 3.59. The number of aryl methyl sites for hydroxylation is 1. The summed E-state index contributed by atoms with van der Waals surface area (Å²) in [5.74, 6) is 0. The van der Waals surface area contributed by atoms with E-state index in [0.29, 0.717) is 5.69 Å². The maximum Gasteiger partial charge on any atom is 0.261 e. The molecular weight excluding hydrogens is 346 g/mol. The van der Waals surface area contributed by atoms with Crippen LogP contribution in [0.3, 0.4) is 0 Å². The van der Waals surface area contributed by atoms with Crippen LogP contribution >= 0.6 is 0 Å². The molecule has 2 aromatic carbocycles. The Morgan fingerprint density at radius 1 is 0.833 bits per heavy atom. The maximum atomic E-state index is 12.4. The molecule has 0 amide bonds. The molecule has 130 valence electrons. The molecule has 0 spiro atoms. The van der Waals surface area contributed by atoms with Gasteiger partial charge in [0.15, 0.2) is 9.84 Å². The van der Waals surface area contributed by atoms with E-state index in [1.165, 1.54) is 24.3 Å². The van der Waals surface area contributed by atoms with Crippen LogP contribution in [0, 0.1) is 0 Å². The van der Waals surface area contributed by atoms with Gasteiger partial charge in [-0.05, 0) is 54.8 Å². The van der Waals surface area contributed by atoms with Crippen LogP contribution in [0.2, 0.25) is 0 Å². The molecule has 2 aromatic rings. The fourth-order valence-electron chi connectivity index (χ4n) is 2.20. The van der Waals surface area contributed by atoms with E-state index in [-0.39, 0.29) is 9.79 Å². The van der Waals surface area contributed by atoms with Crippen molar-refractivity contribution in [3.05, 3.63) is 54.1 Å². The quantitative estimate of drug-likeness (QED) is 0.815. The number of sulfonamides is 1. The van der Waals surface area contributed by atoms with Gasteiger partial charge in [0.25, 0.3) is 10.0 Å². The van der Waals surface area contributed by atoms with E-state index in [2.05, 4.69) is 11.6 Å². The van der Waals surface area contributed by atoms with Crippen molar-refractivity contribution in [3.63, 3.8) is 0 Å². The van der Waals surface area contributed by atoms with Gasteiger partial charge in [-0.2, -0.15) is 0 Å². The summed E-state index contributed by atoms with van der Waals surface area (Å²) < 4.78 is 50.1. The summed E-state index contributed by atoms with van der Waals surface area (Å²) in [5, 5.41) is 0. The van der Waals surface area contributed by atoms with E-state index >= 15 is 0 Å². The first-order valence-corrected chi connectivity index (χ1v) is 11.0. The van der Waals surface area contributed by atoms with Gasteiger partial charge in [-0.3, -0.25) is 4.72 Å². The van der Waals surface area contributed by atoms with Crippen LogP contribution in [0.15, 0.2) is 58.3 Å². The third kappa shape index (κ3) is 4.82. The lowest BCUT2D eigenvalue weighted by atomic mass is 10.1. The van der Waals surface area contributed by atoms with Gasteiger partial charge in [0, 0.05) is 11.9 Å². The van der Waals surface area contributed by atoms with Gasteiger partial charge in [-0.1, -0.05) is 25.5 Å². The molecule has 0 aliphatic rings. The summed E-state index contributed by atoms with van der Waals surface area (Å²) >= 11 is 0. The van der Waals surface area contributed by atoms with Gasteiger partial charge in [0.05, 0.1) is 9.79 Å². The fraction of sp³-hybridized carbons (Fsp3) is 0.294. The molecule has 0 heterocycles. The molecule has 24 heavy (non-hydrogen) atoms. The average Bonchev–Trinajstić information content (AvgIpc) is 2.52. The minimum Gasteiger partial charge on any atom is -0.280 e. The van der Waals surface area contributed by atoms with Crippen molar-refractivity contribution in [2.45, 2.75) is 36.0 Å². The molecule has 7 heteroatoms. The Morgan fingerprint density at radius 2 is 1.38 bits per heavy atom. The minimum atomic E-state index is -3.70. The Balaban J connectivity index is 2.16. The molecule has 0 aromatic heterocycles. The Bertz CT molecular complexity index is 885. The zero-order valence-corrected chi connectivity index (χ0v) is 15.3. The smallest absolute Gasteiger partial charge is 0.261 e. The highest BCUT2D eigenvalue weighted by Crippen LogP contribution is 2.19. The lowest BCUT2D eigenvalue weighted by molar-refractivity contribution is 0.600. The summed E-state index contributed by atoms with van der Waals surface area (Å²) in [4.78, 5) is 0.320. The van der Waals surface area contributed by atoms with Crippen molar-refractivity contribution >= 4 is 25.5 Å². The Labute approximate surface area is 143 Å². The van der Waals surface area contributed by atoms with Gasteiger partial charge in [-0.15, -0.1) is 0 Å². The molecule has 0 atom stereocenters. The topological polar surface area (TPSA) is 80.3 Å². The first-order chi connectivity index (χ1) is 11.2. The van der Waals surface area contributed by atoms with Gasteiger partial charge >= 0.3 is 0 Å². The molecule has 0 bridgehead atoms. The zero-order chi connectivity index (χ0) is 17.8. The second-order valence-corrected chi connectivity index (χ2v) is 9.35. The molecule has 0 radical (unpaired) electrons. The zero-order valence-electron chi connectivity index (χ0n) is 13.7. The normalized spacial score (nSPS) is 12.1. The lowest BCUT2D eigenvalue weighted by Crippen LogP contribution is -2.13. The van der Waals surface area contributed by atoms with Crippen molar-refractivity contribution in [1.29, 1.82) is 0 Å². The molecular formula is C17H21NO4S2. The SMILES string of the molecule is CCCCc1ccc(S(=O)(=O)Nc2ccc(S(C)(=O)=O)cc2)cc1. The number of nitrogens with one attached hydrogen (secondary N) is 1. The van der Waals surface area contributed by atoms with Gasteiger partial charge in [0.2, 0.25) is 0 Å². The van der Waals surface area contributed by atoms with Crippen molar-refractivity contribution in [2.75, 3.05) is 11.0 Å². The maximum absolute atomic E-state index is 12.4. The molecule has 0 unspecified atom stereocenters. The Morgan fingerprint density at radius 3 is 1.88 bits per heavy atom. The van der Waals surface area contributed by atoms with Gasteiger partial charge in [-0.25, -0.2) is 16.8 Å². The highest BCUT2D eigenvalue weighted by Gasteiger charge is 2.14. The summed E-state index contributed by atoms with van der Waals surface area (Å²) in [7, 11) is -7.00. The molecule has 2 rings (SSSR count). The standard InChI is InChI=1S/C17H21NO4S2/c1-3-4-5-14-6-10-17(11-7-14)24(21,22)18-15-8-12-16(13-9-15)23(2,19)20/h6-13,18H,3-5H2,1-2H3. The van der Waals surface area contributed by atoms with Crippen LogP contribution in [-0.4, -0.2) is 23.1 Å². The number of hydrogen-bond donors (Lipinski definition) is 1. The predicted octanol–water partition coefficient (Wildman–Crippen LogP) is 3.23. The fourth-order valence-corrected chi connectivity index (χ4v) is 3.89. The summed E-state index contributed by atoms with van der Waals surface area (Å²) in [6.07, 6.45) is 4.19. The molecule has 0 saturated heterocycles. The van der Waals surface area contributed by atoms with E-state index < -0.39 is 19.9 Å². The number of unbranched alkanes of at least 4 members (excludes halogenated alkanes) is 1. The second kappa shape index (κ2) is 7.36. The number of anilines is 1. The minimum absolute atomic E-state index is 0.144. The Kier molecular flexibility index (Phi) is 5.66. The van der Waals surface area contributed by atoms with E-state index in [1.807, 2.05) is 12.1 Å². The lowest BCUT2D eigenvalue weighted by Gasteiger charge is -2.09. The molecule has 0 aliphatic carbocycles. The van der Waals surface area contributed by atoms with Crippen LogP contribution in [0.25, 0.3) is 0 Å². The van der Waals surface area contributed by atoms with E-state index in [4.69, 9.17) is 0 Å². The van der Waals surface area contributed by atoms with E-state index in [9.17, 15) is 16.8 Å². The number of rotatable bonds is 7. The first kappa shape index (κ1) is 18.5. The molecule has 0 fully saturated rings. The predicted molar refractivity (Wildman–Crippen MR) is 95.4 cm³/mol. The van der Waals surface area contributed by atoms with Crippen LogP contribution in [-0.2, 0) is 26.3 Å². The van der Waals surface area contributed by atoms with Crippen molar-refractivity contribution in [3.8, 4) is 0 Å². The van der Waals surface area contributed by atoms with Crippen LogP contribution in [0.4, 0.5) is 5.69 Å². The third-order valence-corrected chi connectivity index (χ3v) is 6.11. The number of hydrogen-bond acceptors (Lipinski definition) is 4. The molecule has 1 N–H and O–H groups in total. The summed E-state index contributed by atoms with van der Waals surface area (Å²) in [6, 6.07) is 12.4. The number of sulfone groups is 1. The van der Waals surface area contributed by atoms with Crippen molar-refractivity contribution < 1.29 is 16.8 Å². The van der Waals surface area contributed by atoms with Crippen LogP contribution < -0.4 is 4.72 Å². The summed E-state index contributed by atoms with van der Waals surface area (Å²) in [6.45, 7) is 2.11. The largest absolute Gasteiger partial charge is 0.280 e. The highest BCUT2D eigenvalue weighted by atomic mass is 32.2. The Hall–Kier alpha value is -1.86. The van der Waals surface area contributed by atoms with Crippen LogP contribution in [0.1, 0.15) is 25.3 Å². The van der Waals surface area contributed by atoms with E-state index in [1.54, 1.807) is 12.1 Å². The van der Waals surface area contributed by atoms with Crippen molar-refractivity contribution in [1.82, 2.24) is 0 Å².